The molecule has 1 atom stereocenters. The number of carbonyl (C=O) groups is 2. The second-order valence-electron chi connectivity index (χ2n) is 4.94. The molecule has 1 fully saturated rings. The fourth-order valence-electron chi connectivity index (χ4n) is 1.83. The zero-order valence-electron chi connectivity index (χ0n) is 11.3. The molecular weight excluding hydrogens is 278 g/mol. The van der Waals surface area contributed by atoms with Crippen molar-refractivity contribution in [2.45, 2.75) is 31.8 Å². The third-order valence-electron chi connectivity index (χ3n) is 3.12. The predicted molar refractivity (Wildman–Crippen MR) is 74.3 cm³/mol. The van der Waals surface area contributed by atoms with Gasteiger partial charge in [0.25, 0.3) is 5.69 Å². The van der Waals surface area contributed by atoms with Gasteiger partial charge in [0.15, 0.2) is 0 Å². The summed E-state index contributed by atoms with van der Waals surface area (Å²) in [5, 5.41) is 25.4. The first kappa shape index (κ1) is 14.8. The topological polar surface area (TPSA) is 122 Å². The molecule has 8 heteroatoms. The number of nitrogens with zero attached hydrogens (tertiary/aromatic N) is 1. The van der Waals surface area contributed by atoms with Crippen LogP contribution in [0.2, 0.25) is 0 Å². The smallest absolute Gasteiger partial charge is 0.342 e. The number of nitro groups is 1. The second-order valence-corrected chi connectivity index (χ2v) is 4.94. The van der Waals surface area contributed by atoms with Gasteiger partial charge in [0.2, 0.25) is 5.91 Å². The molecule has 0 bridgehead atoms. The lowest BCUT2D eigenvalue weighted by Gasteiger charge is -2.15. The number of amides is 1. The van der Waals surface area contributed by atoms with Crippen LogP contribution in [0.5, 0.6) is 0 Å². The van der Waals surface area contributed by atoms with Crippen LogP contribution in [-0.2, 0) is 4.79 Å². The Morgan fingerprint density at radius 3 is 2.62 bits per heavy atom. The van der Waals surface area contributed by atoms with Gasteiger partial charge >= 0.3 is 5.97 Å². The minimum absolute atomic E-state index is 0.187. The summed E-state index contributed by atoms with van der Waals surface area (Å²) in [6, 6.07) is 3.31. The summed E-state index contributed by atoms with van der Waals surface area (Å²) < 4.78 is 0. The van der Waals surface area contributed by atoms with E-state index < -0.39 is 28.2 Å². The van der Waals surface area contributed by atoms with Gasteiger partial charge < -0.3 is 15.7 Å². The molecule has 1 unspecified atom stereocenters. The molecule has 1 aromatic carbocycles. The van der Waals surface area contributed by atoms with Gasteiger partial charge in [-0.2, -0.15) is 0 Å². The number of aromatic carboxylic acids is 1. The highest BCUT2D eigenvalue weighted by molar-refractivity contribution is 5.94. The third-order valence-corrected chi connectivity index (χ3v) is 3.12. The monoisotopic (exact) mass is 293 g/mol. The van der Waals surface area contributed by atoms with Gasteiger partial charge in [0.05, 0.1) is 4.92 Å². The number of carbonyl (C=O) groups excluding carboxylic acids is 1. The van der Waals surface area contributed by atoms with Gasteiger partial charge in [-0.15, -0.1) is 0 Å². The first-order valence-corrected chi connectivity index (χ1v) is 6.47. The number of carboxylic acid groups (broad SMARTS) is 1. The summed E-state index contributed by atoms with van der Waals surface area (Å²) in [5.41, 5.74) is -0.556. The van der Waals surface area contributed by atoms with Crippen LogP contribution < -0.4 is 10.6 Å². The lowest BCUT2D eigenvalue weighted by atomic mass is 10.1. The SMILES string of the molecule is CC(Nc1ccc([N+](=O)[O-])c(C(=O)O)c1)C(=O)NC1CC1. The van der Waals surface area contributed by atoms with Crippen LogP contribution >= 0.6 is 0 Å². The largest absolute Gasteiger partial charge is 0.477 e. The van der Waals surface area contributed by atoms with E-state index in [0.29, 0.717) is 5.69 Å². The van der Waals surface area contributed by atoms with E-state index in [2.05, 4.69) is 10.6 Å². The standard InChI is InChI=1S/C13H15N3O5/c1-7(12(17)15-8-2-3-8)14-9-4-5-11(16(20)21)10(6-9)13(18)19/h4-8,14H,2-3H2,1H3,(H,15,17)(H,18,19). The first-order chi connectivity index (χ1) is 9.88. The van der Waals surface area contributed by atoms with Crippen molar-refractivity contribution in [1.29, 1.82) is 0 Å². The lowest BCUT2D eigenvalue weighted by molar-refractivity contribution is -0.385. The molecule has 0 saturated heterocycles. The highest BCUT2D eigenvalue weighted by atomic mass is 16.6. The van der Waals surface area contributed by atoms with Crippen molar-refractivity contribution in [1.82, 2.24) is 5.32 Å². The van der Waals surface area contributed by atoms with E-state index in [1.54, 1.807) is 6.92 Å². The Hall–Kier alpha value is -2.64. The summed E-state index contributed by atoms with van der Waals surface area (Å²) in [7, 11) is 0. The van der Waals surface area contributed by atoms with Gasteiger partial charge in [0.1, 0.15) is 11.6 Å². The van der Waals surface area contributed by atoms with E-state index in [1.807, 2.05) is 0 Å². The average molecular weight is 293 g/mol. The Labute approximate surface area is 120 Å². The van der Waals surface area contributed by atoms with Crippen molar-refractivity contribution in [2.75, 3.05) is 5.32 Å². The lowest BCUT2D eigenvalue weighted by Crippen LogP contribution is -2.38. The van der Waals surface area contributed by atoms with Crippen LogP contribution in [0.1, 0.15) is 30.1 Å². The molecule has 1 aliphatic carbocycles. The molecule has 8 nitrogen and oxygen atoms in total. The molecule has 0 spiro atoms. The van der Waals surface area contributed by atoms with E-state index in [9.17, 15) is 19.7 Å². The highest BCUT2D eigenvalue weighted by Gasteiger charge is 2.26. The molecule has 1 aliphatic rings. The Morgan fingerprint density at radius 2 is 2.10 bits per heavy atom. The molecular formula is C13H15N3O5. The fraction of sp³-hybridized carbons (Fsp3) is 0.385. The van der Waals surface area contributed by atoms with E-state index >= 15 is 0 Å². The van der Waals surface area contributed by atoms with E-state index in [4.69, 9.17) is 5.11 Å². The van der Waals surface area contributed by atoms with Crippen molar-refractivity contribution >= 4 is 23.3 Å². The Bertz CT molecular complexity index is 597. The molecule has 112 valence electrons. The number of nitrogens with one attached hydrogen (secondary N) is 2. The number of carboxylic acids is 1. The van der Waals surface area contributed by atoms with Crippen LogP contribution in [0, 0.1) is 10.1 Å². The summed E-state index contributed by atoms with van der Waals surface area (Å²) >= 11 is 0. The molecule has 0 aromatic heterocycles. The Morgan fingerprint density at radius 1 is 1.43 bits per heavy atom. The van der Waals surface area contributed by atoms with Crippen molar-refractivity contribution in [3.8, 4) is 0 Å². The number of nitro benzene ring substituents is 1. The predicted octanol–water partition coefficient (Wildman–Crippen LogP) is 1.37. The molecule has 1 aromatic rings. The zero-order chi connectivity index (χ0) is 15.6. The van der Waals surface area contributed by atoms with Crippen molar-refractivity contribution < 1.29 is 19.6 Å². The normalized spacial score (nSPS) is 15.1. The zero-order valence-corrected chi connectivity index (χ0v) is 11.3. The third kappa shape index (κ3) is 3.68. The van der Waals surface area contributed by atoms with Crippen molar-refractivity contribution in [3.63, 3.8) is 0 Å². The summed E-state index contributed by atoms with van der Waals surface area (Å²) in [4.78, 5) is 32.8. The van der Waals surface area contributed by atoms with Gasteiger partial charge in [0, 0.05) is 17.8 Å². The molecule has 0 aliphatic heterocycles. The Balaban J connectivity index is 2.12. The molecule has 1 saturated carbocycles. The van der Waals surface area contributed by atoms with Crippen LogP contribution in [0.4, 0.5) is 11.4 Å². The van der Waals surface area contributed by atoms with Crippen LogP contribution in [0.15, 0.2) is 18.2 Å². The number of anilines is 1. The molecule has 21 heavy (non-hydrogen) atoms. The molecule has 0 radical (unpaired) electrons. The minimum atomic E-state index is -1.39. The quantitative estimate of drug-likeness (QED) is 0.538. The summed E-state index contributed by atoms with van der Waals surface area (Å²) in [5.74, 6) is -1.58. The number of hydrogen-bond acceptors (Lipinski definition) is 5. The highest BCUT2D eigenvalue weighted by Crippen LogP contribution is 2.23. The van der Waals surface area contributed by atoms with Gasteiger partial charge in [-0.05, 0) is 31.9 Å². The first-order valence-electron chi connectivity index (χ1n) is 6.47. The van der Waals surface area contributed by atoms with Crippen LogP contribution in [0.3, 0.4) is 0 Å². The van der Waals surface area contributed by atoms with Gasteiger partial charge in [-0.25, -0.2) is 4.79 Å². The molecule has 2 rings (SSSR count). The van der Waals surface area contributed by atoms with Crippen LogP contribution in [-0.4, -0.2) is 34.0 Å². The maximum Gasteiger partial charge on any atom is 0.342 e. The molecule has 0 heterocycles. The maximum atomic E-state index is 11.8. The summed E-state index contributed by atoms with van der Waals surface area (Å²) in [6.45, 7) is 1.64. The molecule has 1 amide bonds. The number of hydrogen-bond donors (Lipinski definition) is 3. The van der Waals surface area contributed by atoms with Crippen molar-refractivity contribution in [2.24, 2.45) is 0 Å². The second kappa shape index (κ2) is 5.78. The average Bonchev–Trinajstić information content (AvgIpc) is 3.22. The minimum Gasteiger partial charge on any atom is -0.477 e. The van der Waals surface area contributed by atoms with E-state index in [1.165, 1.54) is 6.07 Å². The summed E-state index contributed by atoms with van der Waals surface area (Å²) in [6.07, 6.45) is 1.94. The van der Waals surface area contributed by atoms with Gasteiger partial charge in [-0.1, -0.05) is 0 Å². The maximum absolute atomic E-state index is 11.8. The van der Waals surface area contributed by atoms with E-state index in [-0.39, 0.29) is 11.9 Å². The molecule has 3 N–H and O–H groups in total. The Kier molecular flexibility index (Phi) is 4.06. The fourth-order valence-corrected chi connectivity index (χ4v) is 1.83. The van der Waals surface area contributed by atoms with Crippen LogP contribution in [0.25, 0.3) is 0 Å². The van der Waals surface area contributed by atoms with Gasteiger partial charge in [-0.3, -0.25) is 14.9 Å². The van der Waals surface area contributed by atoms with E-state index in [0.717, 1.165) is 25.0 Å². The van der Waals surface area contributed by atoms with Crippen molar-refractivity contribution in [3.05, 3.63) is 33.9 Å². The number of benzene rings is 1. The number of rotatable bonds is 6.